The fraction of sp³-hybridized carbons (Fsp3) is 0.150. The van der Waals surface area contributed by atoms with Gasteiger partial charge >= 0.3 is 0 Å². The van der Waals surface area contributed by atoms with Crippen molar-refractivity contribution in [1.29, 1.82) is 0 Å². The van der Waals surface area contributed by atoms with Crippen molar-refractivity contribution in [1.82, 2.24) is 15.6 Å². The summed E-state index contributed by atoms with van der Waals surface area (Å²) in [5.74, 6) is -0.358. The van der Waals surface area contributed by atoms with Gasteiger partial charge in [-0.2, -0.15) is 0 Å². The molecule has 5 nitrogen and oxygen atoms in total. The van der Waals surface area contributed by atoms with Gasteiger partial charge in [0.1, 0.15) is 9.88 Å². The van der Waals surface area contributed by atoms with E-state index < -0.39 is 0 Å². The average Bonchev–Trinajstić information content (AvgIpc) is 3.08. The Kier molecular flexibility index (Phi) is 6.21. The molecule has 3 rings (SSSR count). The smallest absolute Gasteiger partial charge is 0.263 e. The monoisotopic (exact) mass is 399 g/mol. The van der Waals surface area contributed by atoms with Crippen LogP contribution in [0, 0.1) is 6.92 Å². The highest BCUT2D eigenvalue weighted by Crippen LogP contribution is 2.28. The molecule has 2 aromatic carbocycles. The first-order valence-electron chi connectivity index (χ1n) is 8.39. The van der Waals surface area contributed by atoms with Crippen molar-refractivity contribution in [2.75, 3.05) is 13.1 Å². The number of benzene rings is 2. The molecule has 27 heavy (non-hydrogen) atoms. The van der Waals surface area contributed by atoms with Gasteiger partial charge in [-0.3, -0.25) is 9.59 Å². The lowest BCUT2D eigenvalue weighted by Crippen LogP contribution is -2.34. The maximum atomic E-state index is 12.4. The Balaban J connectivity index is 1.54. The molecule has 1 aromatic heterocycles. The van der Waals surface area contributed by atoms with E-state index in [0.717, 1.165) is 10.6 Å². The Labute approximate surface area is 166 Å². The fourth-order valence-electron chi connectivity index (χ4n) is 2.45. The van der Waals surface area contributed by atoms with Crippen molar-refractivity contribution in [3.05, 3.63) is 75.8 Å². The van der Waals surface area contributed by atoms with Crippen molar-refractivity contribution in [3.63, 3.8) is 0 Å². The number of halogens is 1. The predicted octanol–water partition coefficient (Wildman–Crippen LogP) is 3.93. The third-order valence-electron chi connectivity index (χ3n) is 3.83. The van der Waals surface area contributed by atoms with E-state index >= 15 is 0 Å². The van der Waals surface area contributed by atoms with Crippen LogP contribution in [-0.2, 0) is 0 Å². The van der Waals surface area contributed by atoms with Gasteiger partial charge in [-0.15, -0.1) is 11.3 Å². The summed E-state index contributed by atoms with van der Waals surface area (Å²) in [4.78, 5) is 29.4. The number of nitrogens with one attached hydrogen (secondary N) is 2. The Bertz CT molecular complexity index is 940. The molecule has 0 saturated carbocycles. The van der Waals surface area contributed by atoms with Gasteiger partial charge in [0.2, 0.25) is 0 Å². The van der Waals surface area contributed by atoms with Gasteiger partial charge in [0.15, 0.2) is 0 Å². The number of aryl methyl sites for hydroxylation is 1. The normalized spacial score (nSPS) is 10.4. The quantitative estimate of drug-likeness (QED) is 0.617. The zero-order valence-corrected chi connectivity index (χ0v) is 16.2. The van der Waals surface area contributed by atoms with Gasteiger partial charge in [-0.05, 0) is 31.2 Å². The minimum atomic E-state index is -0.195. The number of carbonyl (C=O) groups excluding carboxylic acids is 2. The standard InChI is InChI=1S/C20H18ClN3O2S/c1-13-17(27-20(24-13)15-7-9-16(21)10-8-15)19(26)23-12-11-22-18(25)14-5-3-2-4-6-14/h2-10H,11-12H2,1H3,(H,22,25)(H,23,26). The van der Waals surface area contributed by atoms with Crippen LogP contribution in [0.15, 0.2) is 54.6 Å². The van der Waals surface area contributed by atoms with Crippen LogP contribution >= 0.6 is 22.9 Å². The zero-order chi connectivity index (χ0) is 19.2. The third kappa shape index (κ3) is 4.93. The van der Waals surface area contributed by atoms with Gasteiger partial charge in [-0.1, -0.05) is 41.9 Å². The summed E-state index contributed by atoms with van der Waals surface area (Å²) in [6.07, 6.45) is 0. The Morgan fingerprint density at radius 3 is 2.26 bits per heavy atom. The number of hydrogen-bond donors (Lipinski definition) is 2. The summed E-state index contributed by atoms with van der Waals surface area (Å²) in [5, 5.41) is 7.02. The van der Waals surface area contributed by atoms with Gasteiger partial charge in [0.25, 0.3) is 11.8 Å². The van der Waals surface area contributed by atoms with Crippen LogP contribution in [0.5, 0.6) is 0 Å². The van der Waals surface area contributed by atoms with Crippen LogP contribution in [0.1, 0.15) is 25.7 Å². The Morgan fingerprint density at radius 2 is 1.59 bits per heavy atom. The summed E-state index contributed by atoms with van der Waals surface area (Å²) in [6.45, 7) is 2.49. The second-order valence-corrected chi connectivity index (χ2v) is 7.25. The summed E-state index contributed by atoms with van der Waals surface area (Å²) in [5.41, 5.74) is 2.19. The van der Waals surface area contributed by atoms with Crippen LogP contribution in [0.3, 0.4) is 0 Å². The van der Waals surface area contributed by atoms with E-state index in [4.69, 9.17) is 11.6 Å². The maximum Gasteiger partial charge on any atom is 0.263 e. The SMILES string of the molecule is Cc1nc(-c2ccc(Cl)cc2)sc1C(=O)NCCNC(=O)c1ccccc1. The first kappa shape index (κ1) is 19.1. The highest BCUT2D eigenvalue weighted by Gasteiger charge is 2.16. The molecule has 7 heteroatoms. The number of amides is 2. The molecular formula is C20H18ClN3O2S. The molecule has 0 saturated heterocycles. The van der Waals surface area contributed by atoms with Crippen molar-refractivity contribution in [2.45, 2.75) is 6.92 Å². The Hall–Kier alpha value is -2.70. The minimum Gasteiger partial charge on any atom is -0.350 e. The maximum absolute atomic E-state index is 12.4. The summed E-state index contributed by atoms with van der Waals surface area (Å²) in [6, 6.07) is 16.3. The lowest BCUT2D eigenvalue weighted by atomic mass is 10.2. The second kappa shape index (κ2) is 8.79. The molecular weight excluding hydrogens is 382 g/mol. The highest BCUT2D eigenvalue weighted by molar-refractivity contribution is 7.17. The Morgan fingerprint density at radius 1 is 0.963 bits per heavy atom. The van der Waals surface area contributed by atoms with Crippen LogP contribution in [0.4, 0.5) is 0 Å². The molecule has 0 aliphatic heterocycles. The molecule has 0 radical (unpaired) electrons. The van der Waals surface area contributed by atoms with Crippen molar-refractivity contribution >= 4 is 34.8 Å². The zero-order valence-electron chi connectivity index (χ0n) is 14.7. The van der Waals surface area contributed by atoms with Gasteiger partial charge < -0.3 is 10.6 Å². The van der Waals surface area contributed by atoms with Crippen LogP contribution in [-0.4, -0.2) is 29.9 Å². The summed E-state index contributed by atoms with van der Waals surface area (Å²) in [7, 11) is 0. The highest BCUT2D eigenvalue weighted by atomic mass is 35.5. The minimum absolute atomic E-state index is 0.163. The lowest BCUT2D eigenvalue weighted by molar-refractivity contribution is 0.0929. The molecule has 2 amide bonds. The second-order valence-electron chi connectivity index (χ2n) is 5.82. The number of aromatic nitrogens is 1. The molecule has 0 atom stereocenters. The van der Waals surface area contributed by atoms with E-state index in [1.807, 2.05) is 37.3 Å². The number of hydrogen-bond acceptors (Lipinski definition) is 4. The lowest BCUT2D eigenvalue weighted by Gasteiger charge is -2.06. The molecule has 0 aliphatic rings. The largest absolute Gasteiger partial charge is 0.350 e. The summed E-state index contributed by atoms with van der Waals surface area (Å²) >= 11 is 7.24. The van der Waals surface area contributed by atoms with Crippen LogP contribution in [0.2, 0.25) is 5.02 Å². The first-order valence-corrected chi connectivity index (χ1v) is 9.59. The van der Waals surface area contributed by atoms with E-state index in [9.17, 15) is 9.59 Å². The molecule has 138 valence electrons. The number of nitrogens with zero attached hydrogens (tertiary/aromatic N) is 1. The molecule has 3 aromatic rings. The average molecular weight is 400 g/mol. The molecule has 1 heterocycles. The molecule has 0 unspecified atom stereocenters. The number of rotatable bonds is 6. The van der Waals surface area contributed by atoms with E-state index in [2.05, 4.69) is 15.6 Å². The number of thiazole rings is 1. The van der Waals surface area contributed by atoms with Gasteiger partial charge in [0.05, 0.1) is 5.69 Å². The molecule has 0 spiro atoms. The molecule has 0 fully saturated rings. The van der Waals surface area contributed by atoms with E-state index in [-0.39, 0.29) is 11.8 Å². The van der Waals surface area contributed by atoms with Crippen molar-refractivity contribution < 1.29 is 9.59 Å². The van der Waals surface area contributed by atoms with E-state index in [1.54, 1.807) is 24.3 Å². The predicted molar refractivity (Wildman–Crippen MR) is 108 cm³/mol. The van der Waals surface area contributed by atoms with Gasteiger partial charge in [0, 0.05) is 29.2 Å². The fourth-order valence-corrected chi connectivity index (χ4v) is 3.56. The summed E-state index contributed by atoms with van der Waals surface area (Å²) < 4.78 is 0. The third-order valence-corrected chi connectivity index (χ3v) is 5.28. The van der Waals surface area contributed by atoms with Crippen LogP contribution in [0.25, 0.3) is 10.6 Å². The molecule has 0 aliphatic carbocycles. The molecule has 0 bridgehead atoms. The molecule has 2 N–H and O–H groups in total. The van der Waals surface area contributed by atoms with E-state index in [1.165, 1.54) is 11.3 Å². The number of carbonyl (C=O) groups is 2. The van der Waals surface area contributed by atoms with Crippen molar-refractivity contribution in [3.8, 4) is 10.6 Å². The first-order chi connectivity index (χ1) is 13.0. The topological polar surface area (TPSA) is 71.1 Å². The van der Waals surface area contributed by atoms with Crippen LogP contribution < -0.4 is 10.6 Å². The van der Waals surface area contributed by atoms with Gasteiger partial charge in [-0.25, -0.2) is 4.98 Å². The van der Waals surface area contributed by atoms with Crippen molar-refractivity contribution in [2.24, 2.45) is 0 Å². The van der Waals surface area contributed by atoms with E-state index in [0.29, 0.717) is 34.2 Å².